The van der Waals surface area contributed by atoms with Crippen LogP contribution >= 0.6 is 11.6 Å². The summed E-state index contributed by atoms with van der Waals surface area (Å²) in [6, 6.07) is 27.2. The molecule has 1 amide bonds. The first-order valence-corrected chi connectivity index (χ1v) is 12.1. The van der Waals surface area contributed by atoms with Crippen molar-refractivity contribution in [1.82, 2.24) is 9.97 Å². The van der Waals surface area contributed by atoms with Gasteiger partial charge in [-0.2, -0.15) is 0 Å². The average molecular weight is 512 g/mol. The van der Waals surface area contributed by atoms with Crippen molar-refractivity contribution in [2.45, 2.75) is 19.6 Å². The molecule has 184 valence electrons. The van der Waals surface area contributed by atoms with Crippen molar-refractivity contribution >= 4 is 34.1 Å². The fourth-order valence-electron chi connectivity index (χ4n) is 3.99. The van der Waals surface area contributed by atoms with Gasteiger partial charge in [-0.1, -0.05) is 48.0 Å². The van der Waals surface area contributed by atoms with Crippen LogP contribution in [0.2, 0.25) is 5.02 Å². The molecule has 0 radical (unpaired) electrons. The highest BCUT2D eigenvalue weighted by molar-refractivity contribution is 6.30. The van der Waals surface area contributed by atoms with E-state index in [0.717, 1.165) is 22.2 Å². The molecule has 0 spiro atoms. The summed E-state index contributed by atoms with van der Waals surface area (Å²) in [7, 11) is 0. The number of ether oxygens (including phenoxy) is 1. The van der Waals surface area contributed by atoms with Gasteiger partial charge in [0.25, 0.3) is 0 Å². The minimum absolute atomic E-state index is 0.102. The second-order valence-corrected chi connectivity index (χ2v) is 8.97. The maximum absolute atomic E-state index is 14.4. The van der Waals surface area contributed by atoms with Crippen LogP contribution in [0.4, 0.5) is 10.1 Å². The van der Waals surface area contributed by atoms with Crippen molar-refractivity contribution in [3.63, 3.8) is 0 Å². The molecular weight excluding hydrogens is 489 g/mol. The van der Waals surface area contributed by atoms with Crippen LogP contribution in [-0.4, -0.2) is 15.9 Å². The van der Waals surface area contributed by atoms with E-state index in [1.165, 1.54) is 12.1 Å². The van der Waals surface area contributed by atoms with Gasteiger partial charge in [0.15, 0.2) is 0 Å². The monoisotopic (exact) mass is 511 g/mol. The number of pyridine rings is 2. The summed E-state index contributed by atoms with van der Waals surface area (Å²) >= 11 is 5.87. The number of benzene rings is 3. The zero-order valence-electron chi connectivity index (χ0n) is 19.9. The van der Waals surface area contributed by atoms with Gasteiger partial charge in [0.1, 0.15) is 18.2 Å². The zero-order chi connectivity index (χ0) is 25.6. The predicted molar refractivity (Wildman–Crippen MR) is 143 cm³/mol. The van der Waals surface area contributed by atoms with E-state index in [9.17, 15) is 9.18 Å². The number of para-hydroxylation sites is 1. The van der Waals surface area contributed by atoms with Crippen molar-refractivity contribution in [3.8, 4) is 5.75 Å². The van der Waals surface area contributed by atoms with Crippen molar-refractivity contribution < 1.29 is 13.9 Å². The summed E-state index contributed by atoms with van der Waals surface area (Å²) in [6.45, 7) is 0.613. The van der Waals surface area contributed by atoms with Crippen LogP contribution in [0.15, 0.2) is 103 Å². The second-order valence-electron chi connectivity index (χ2n) is 8.53. The van der Waals surface area contributed by atoms with Crippen LogP contribution in [0.5, 0.6) is 5.75 Å². The first-order valence-electron chi connectivity index (χ1n) is 11.8. The standard InChI is InChI=1S/C30H23ClFN3O2/c31-24-9-7-23(28(32)17-24)16-30(36)35(19-21-4-3-15-33-18-21)26-11-13-27(14-12-26)37-20-25-10-8-22-5-1-2-6-29(22)34-25/h1-15,17-18H,16,19-20H2. The third-order valence-corrected chi connectivity index (χ3v) is 6.15. The van der Waals surface area contributed by atoms with Crippen LogP contribution in [0, 0.1) is 5.82 Å². The quantitative estimate of drug-likeness (QED) is 0.230. The molecule has 0 aliphatic rings. The van der Waals surface area contributed by atoms with Gasteiger partial charge < -0.3 is 9.64 Å². The van der Waals surface area contributed by atoms with E-state index < -0.39 is 5.82 Å². The van der Waals surface area contributed by atoms with E-state index in [4.69, 9.17) is 16.3 Å². The molecule has 0 aliphatic carbocycles. The summed E-state index contributed by atoms with van der Waals surface area (Å²) in [4.78, 5) is 23.7. The van der Waals surface area contributed by atoms with Gasteiger partial charge in [0, 0.05) is 28.5 Å². The number of hydrogen-bond acceptors (Lipinski definition) is 4. The number of rotatable bonds is 8. The molecule has 5 aromatic rings. The van der Waals surface area contributed by atoms with Gasteiger partial charge in [0.05, 0.1) is 24.2 Å². The third-order valence-electron chi connectivity index (χ3n) is 5.91. The molecule has 0 bridgehead atoms. The Balaban J connectivity index is 1.32. The molecule has 5 rings (SSSR count). The van der Waals surface area contributed by atoms with Crippen LogP contribution in [0.25, 0.3) is 10.9 Å². The Hall–Kier alpha value is -4.29. The lowest BCUT2D eigenvalue weighted by Gasteiger charge is -2.23. The molecular formula is C30H23ClFN3O2. The van der Waals surface area contributed by atoms with E-state index in [0.29, 0.717) is 24.6 Å². The predicted octanol–water partition coefficient (Wildman–Crippen LogP) is 6.78. The number of hydrogen-bond donors (Lipinski definition) is 0. The molecule has 0 saturated heterocycles. The molecule has 2 aromatic heterocycles. The molecule has 0 saturated carbocycles. The number of carbonyl (C=O) groups excluding carboxylic acids is 1. The Morgan fingerprint density at radius 3 is 2.57 bits per heavy atom. The Kier molecular flexibility index (Phi) is 7.38. The van der Waals surface area contributed by atoms with E-state index in [1.807, 2.05) is 72.8 Å². The molecule has 0 aliphatic heterocycles. The van der Waals surface area contributed by atoms with Crippen LogP contribution in [0.3, 0.4) is 0 Å². The zero-order valence-corrected chi connectivity index (χ0v) is 20.6. The van der Waals surface area contributed by atoms with Gasteiger partial charge in [-0.25, -0.2) is 9.37 Å². The molecule has 7 heteroatoms. The van der Waals surface area contributed by atoms with Gasteiger partial charge in [0.2, 0.25) is 5.91 Å². The fraction of sp³-hybridized carbons (Fsp3) is 0.100. The number of halogens is 2. The van der Waals surface area contributed by atoms with Gasteiger partial charge in [-0.3, -0.25) is 9.78 Å². The summed E-state index contributed by atoms with van der Waals surface area (Å²) < 4.78 is 20.3. The lowest BCUT2D eigenvalue weighted by Crippen LogP contribution is -2.32. The maximum atomic E-state index is 14.4. The topological polar surface area (TPSA) is 55.3 Å². The third kappa shape index (κ3) is 6.11. The van der Waals surface area contributed by atoms with E-state index >= 15 is 0 Å². The lowest BCUT2D eigenvalue weighted by molar-refractivity contribution is -0.118. The smallest absolute Gasteiger partial charge is 0.231 e. The van der Waals surface area contributed by atoms with Crippen molar-refractivity contribution in [2.24, 2.45) is 0 Å². The summed E-state index contributed by atoms with van der Waals surface area (Å²) in [6.07, 6.45) is 3.28. The average Bonchev–Trinajstić information content (AvgIpc) is 2.93. The van der Waals surface area contributed by atoms with Crippen molar-refractivity contribution in [3.05, 3.63) is 131 Å². The number of anilines is 1. The Bertz CT molecular complexity index is 1530. The minimum atomic E-state index is -0.506. The second kappa shape index (κ2) is 11.2. The Labute approximate surface area is 219 Å². The highest BCUT2D eigenvalue weighted by Gasteiger charge is 2.19. The normalized spacial score (nSPS) is 10.9. The number of fused-ring (bicyclic) bond motifs is 1. The largest absolute Gasteiger partial charge is 0.487 e. The molecule has 2 heterocycles. The molecule has 0 unspecified atom stereocenters. The first-order chi connectivity index (χ1) is 18.0. The number of nitrogens with zero attached hydrogens (tertiary/aromatic N) is 3. The van der Waals surface area contributed by atoms with E-state index in [1.54, 1.807) is 23.4 Å². The van der Waals surface area contributed by atoms with Crippen molar-refractivity contribution in [1.29, 1.82) is 0 Å². The van der Waals surface area contributed by atoms with Crippen LogP contribution in [-0.2, 0) is 24.4 Å². The Morgan fingerprint density at radius 1 is 0.946 bits per heavy atom. The Morgan fingerprint density at radius 2 is 1.78 bits per heavy atom. The van der Waals surface area contributed by atoms with Crippen molar-refractivity contribution in [2.75, 3.05) is 4.90 Å². The fourth-order valence-corrected chi connectivity index (χ4v) is 4.15. The number of carbonyl (C=O) groups is 1. The van der Waals surface area contributed by atoms with Gasteiger partial charge in [-0.15, -0.1) is 0 Å². The minimum Gasteiger partial charge on any atom is -0.487 e. The molecule has 0 atom stereocenters. The highest BCUT2D eigenvalue weighted by atomic mass is 35.5. The van der Waals surface area contributed by atoms with E-state index in [-0.39, 0.29) is 22.9 Å². The molecule has 0 fully saturated rings. The maximum Gasteiger partial charge on any atom is 0.231 e. The van der Waals surface area contributed by atoms with Gasteiger partial charge in [-0.05, 0) is 65.7 Å². The van der Waals surface area contributed by atoms with Crippen LogP contribution in [0.1, 0.15) is 16.8 Å². The molecule has 3 aromatic carbocycles. The first kappa shape index (κ1) is 24.4. The molecule has 37 heavy (non-hydrogen) atoms. The summed E-state index contributed by atoms with van der Waals surface area (Å²) in [5.41, 5.74) is 3.55. The lowest BCUT2D eigenvalue weighted by atomic mass is 10.1. The molecule has 5 nitrogen and oxygen atoms in total. The van der Waals surface area contributed by atoms with Gasteiger partial charge >= 0.3 is 0 Å². The summed E-state index contributed by atoms with van der Waals surface area (Å²) in [5.74, 6) is -0.108. The van der Waals surface area contributed by atoms with E-state index in [2.05, 4.69) is 9.97 Å². The molecule has 0 N–H and O–H groups in total. The highest BCUT2D eigenvalue weighted by Crippen LogP contribution is 2.24. The number of aromatic nitrogens is 2. The SMILES string of the molecule is O=C(Cc1ccc(Cl)cc1F)N(Cc1cccnc1)c1ccc(OCc2ccc3ccccc3n2)cc1. The van der Waals surface area contributed by atoms with Crippen LogP contribution < -0.4 is 9.64 Å². The summed E-state index contributed by atoms with van der Waals surface area (Å²) in [5, 5.41) is 1.36. The number of amides is 1.